The third kappa shape index (κ3) is 4.36. The Morgan fingerprint density at radius 2 is 1.86 bits per heavy atom. The maximum atomic E-state index is 12.9. The van der Waals surface area contributed by atoms with Crippen molar-refractivity contribution in [2.45, 2.75) is 32.1 Å². The Hall–Kier alpha value is -2.62. The van der Waals surface area contributed by atoms with Crippen LogP contribution in [0.4, 0.5) is 18.9 Å². The van der Waals surface area contributed by atoms with Gasteiger partial charge in [-0.2, -0.15) is 13.2 Å². The predicted molar refractivity (Wildman–Crippen MR) is 98.5 cm³/mol. The van der Waals surface area contributed by atoms with Gasteiger partial charge >= 0.3 is 6.18 Å². The molecule has 2 aliphatic rings. The number of fused-ring (bicyclic) bond motifs is 1. The molecule has 29 heavy (non-hydrogen) atoms. The van der Waals surface area contributed by atoms with Crippen molar-refractivity contribution in [3.05, 3.63) is 41.5 Å². The summed E-state index contributed by atoms with van der Waals surface area (Å²) in [5.74, 6) is -0.858. The number of nitrogens with one attached hydrogen (secondary N) is 1. The lowest BCUT2D eigenvalue weighted by molar-refractivity contribution is -0.179. The Balaban J connectivity index is 1.35. The van der Waals surface area contributed by atoms with Crippen LogP contribution in [0, 0.1) is 5.92 Å². The van der Waals surface area contributed by atoms with E-state index in [0.29, 0.717) is 30.4 Å². The third-order valence-corrected chi connectivity index (χ3v) is 5.41. The number of hydrogen-bond donors (Lipinski definition) is 1. The van der Waals surface area contributed by atoms with Crippen LogP contribution in [-0.2, 0) is 24.2 Å². The van der Waals surface area contributed by atoms with Gasteiger partial charge in [-0.1, -0.05) is 0 Å². The highest BCUT2D eigenvalue weighted by Gasteiger charge is 2.42. The Morgan fingerprint density at radius 1 is 1.14 bits per heavy atom. The van der Waals surface area contributed by atoms with E-state index in [9.17, 15) is 18.0 Å². The zero-order valence-electron chi connectivity index (χ0n) is 15.8. The number of ether oxygens (including phenoxy) is 1. The second-order valence-electron chi connectivity index (χ2n) is 7.24. The lowest BCUT2D eigenvalue weighted by Gasteiger charge is -2.28. The maximum absolute atomic E-state index is 12.9. The molecule has 0 bridgehead atoms. The lowest BCUT2D eigenvalue weighted by Crippen LogP contribution is -2.36. The summed E-state index contributed by atoms with van der Waals surface area (Å²) in [7, 11) is 0. The minimum atomic E-state index is -4.22. The van der Waals surface area contributed by atoms with Gasteiger partial charge in [-0.05, 0) is 30.7 Å². The van der Waals surface area contributed by atoms with Crippen LogP contribution in [0.15, 0.2) is 24.3 Å². The number of halogens is 3. The first-order valence-electron chi connectivity index (χ1n) is 9.60. The fraction of sp³-hybridized carbons (Fsp3) is 0.526. The van der Waals surface area contributed by atoms with Gasteiger partial charge in [0.1, 0.15) is 5.82 Å². The van der Waals surface area contributed by atoms with Gasteiger partial charge in [-0.3, -0.25) is 4.79 Å². The Morgan fingerprint density at radius 3 is 2.55 bits per heavy atom. The second-order valence-corrected chi connectivity index (χ2v) is 7.24. The van der Waals surface area contributed by atoms with E-state index in [-0.39, 0.29) is 31.8 Å². The first-order valence-corrected chi connectivity index (χ1v) is 9.60. The molecule has 0 spiro atoms. The number of alkyl halides is 3. The fourth-order valence-electron chi connectivity index (χ4n) is 3.71. The highest BCUT2D eigenvalue weighted by molar-refractivity contribution is 5.94. The number of carbonyl (C=O) groups is 1. The molecule has 1 fully saturated rings. The van der Waals surface area contributed by atoms with Crippen molar-refractivity contribution in [1.29, 1.82) is 0 Å². The van der Waals surface area contributed by atoms with Gasteiger partial charge in [-0.15, -0.1) is 10.2 Å². The zero-order valence-corrected chi connectivity index (χ0v) is 15.8. The molecule has 1 aromatic heterocycles. The van der Waals surface area contributed by atoms with Gasteiger partial charge in [0.25, 0.3) is 5.91 Å². The molecule has 156 valence electrons. The number of morpholine rings is 1. The molecule has 1 amide bonds. The molecule has 1 saturated heterocycles. The average molecular weight is 409 g/mol. The van der Waals surface area contributed by atoms with Crippen molar-refractivity contribution < 1.29 is 22.7 Å². The van der Waals surface area contributed by atoms with E-state index in [1.807, 2.05) is 12.1 Å². The van der Waals surface area contributed by atoms with E-state index in [1.54, 1.807) is 16.7 Å². The molecule has 1 N–H and O–H groups in total. The summed E-state index contributed by atoms with van der Waals surface area (Å²) in [6, 6.07) is 7.31. The van der Waals surface area contributed by atoms with Crippen LogP contribution in [0.1, 0.15) is 28.4 Å². The monoisotopic (exact) mass is 409 g/mol. The lowest BCUT2D eigenvalue weighted by atomic mass is 9.97. The van der Waals surface area contributed by atoms with Crippen LogP contribution in [-0.4, -0.2) is 53.2 Å². The molecule has 2 aromatic rings. The minimum Gasteiger partial charge on any atom is -0.378 e. The van der Waals surface area contributed by atoms with Crippen molar-refractivity contribution in [1.82, 2.24) is 20.1 Å². The first-order chi connectivity index (χ1) is 13.9. The molecule has 1 atom stereocenters. The number of rotatable bonds is 4. The van der Waals surface area contributed by atoms with Crippen molar-refractivity contribution in [3.8, 4) is 0 Å². The summed E-state index contributed by atoms with van der Waals surface area (Å²) >= 11 is 0. The number of amides is 1. The van der Waals surface area contributed by atoms with E-state index in [0.717, 1.165) is 18.8 Å². The summed E-state index contributed by atoms with van der Waals surface area (Å²) < 4.78 is 45.7. The van der Waals surface area contributed by atoms with Crippen LogP contribution in [0.5, 0.6) is 0 Å². The van der Waals surface area contributed by atoms with Crippen LogP contribution in [0.25, 0.3) is 0 Å². The van der Waals surface area contributed by atoms with Crippen LogP contribution in [0.3, 0.4) is 0 Å². The standard InChI is InChI=1S/C19H22F3N5O2/c20-19(21,22)14-5-6-27-16(11-14)24-25-17(27)12-23-18(28)13-1-3-15(4-2-13)26-7-9-29-10-8-26/h1-4,14H,5-12H2,(H,23,28)/t14-/m0/s1. The van der Waals surface area contributed by atoms with Gasteiger partial charge in [0, 0.05) is 37.3 Å². The Bertz CT molecular complexity index is 860. The molecule has 10 heteroatoms. The summed E-state index contributed by atoms with van der Waals surface area (Å²) in [5, 5.41) is 10.6. The van der Waals surface area contributed by atoms with Gasteiger partial charge in [-0.25, -0.2) is 0 Å². The largest absolute Gasteiger partial charge is 0.392 e. The van der Waals surface area contributed by atoms with E-state index in [4.69, 9.17) is 4.74 Å². The van der Waals surface area contributed by atoms with Crippen LogP contribution in [0.2, 0.25) is 0 Å². The fourth-order valence-corrected chi connectivity index (χ4v) is 3.71. The second kappa shape index (κ2) is 8.02. The van der Waals surface area contributed by atoms with Crippen molar-refractivity contribution in [3.63, 3.8) is 0 Å². The molecule has 3 heterocycles. The molecule has 1 aromatic carbocycles. The van der Waals surface area contributed by atoms with Crippen molar-refractivity contribution in [2.24, 2.45) is 5.92 Å². The summed E-state index contributed by atoms with van der Waals surface area (Å²) in [6.45, 7) is 3.33. The van der Waals surface area contributed by atoms with Crippen molar-refractivity contribution >= 4 is 11.6 Å². The van der Waals surface area contributed by atoms with Gasteiger partial charge < -0.3 is 19.5 Å². The van der Waals surface area contributed by atoms with E-state index in [1.165, 1.54) is 0 Å². The molecular formula is C19H22F3N5O2. The quantitative estimate of drug-likeness (QED) is 0.838. The molecule has 0 saturated carbocycles. The molecule has 2 aliphatic heterocycles. The summed E-state index contributed by atoms with van der Waals surface area (Å²) in [5.41, 5.74) is 1.55. The molecular weight excluding hydrogens is 387 g/mol. The maximum Gasteiger partial charge on any atom is 0.392 e. The third-order valence-electron chi connectivity index (χ3n) is 5.41. The van der Waals surface area contributed by atoms with E-state index >= 15 is 0 Å². The number of hydrogen-bond acceptors (Lipinski definition) is 5. The highest BCUT2D eigenvalue weighted by atomic mass is 19.4. The number of carbonyl (C=O) groups excluding carboxylic acids is 1. The summed E-state index contributed by atoms with van der Waals surface area (Å²) in [4.78, 5) is 14.6. The zero-order chi connectivity index (χ0) is 20.4. The predicted octanol–water partition coefficient (Wildman–Crippen LogP) is 2.17. The normalized spacial score (nSPS) is 19.7. The van der Waals surface area contributed by atoms with Crippen molar-refractivity contribution in [2.75, 3.05) is 31.2 Å². The molecule has 0 aliphatic carbocycles. The minimum absolute atomic E-state index is 0.00150. The molecule has 0 unspecified atom stereocenters. The van der Waals surface area contributed by atoms with Crippen LogP contribution >= 0.6 is 0 Å². The Labute approximate surface area is 165 Å². The summed E-state index contributed by atoms with van der Waals surface area (Å²) in [6.07, 6.45) is -4.40. The van der Waals surface area contributed by atoms with Crippen LogP contribution < -0.4 is 10.2 Å². The first kappa shape index (κ1) is 19.7. The smallest absolute Gasteiger partial charge is 0.378 e. The van der Waals surface area contributed by atoms with Gasteiger partial charge in [0.2, 0.25) is 0 Å². The van der Waals surface area contributed by atoms with Gasteiger partial charge in [0.05, 0.1) is 25.7 Å². The number of nitrogens with zero attached hydrogens (tertiary/aromatic N) is 4. The Kier molecular flexibility index (Phi) is 5.44. The van der Waals surface area contributed by atoms with E-state index < -0.39 is 12.1 Å². The average Bonchev–Trinajstić information content (AvgIpc) is 3.14. The molecule has 0 radical (unpaired) electrons. The molecule has 4 rings (SSSR count). The number of benzene rings is 1. The molecule has 7 nitrogen and oxygen atoms in total. The van der Waals surface area contributed by atoms with E-state index in [2.05, 4.69) is 20.4 Å². The van der Waals surface area contributed by atoms with Gasteiger partial charge in [0.15, 0.2) is 5.82 Å². The number of aromatic nitrogens is 3. The number of anilines is 1. The SMILES string of the molecule is O=C(NCc1nnc2n1CC[C@H](C(F)(F)F)C2)c1ccc(N2CCOCC2)cc1. The highest BCUT2D eigenvalue weighted by Crippen LogP contribution is 2.34. The topological polar surface area (TPSA) is 72.3 Å².